The van der Waals surface area contributed by atoms with Gasteiger partial charge in [0, 0.05) is 5.56 Å². The zero-order chi connectivity index (χ0) is 17.7. The number of nitrogens with one attached hydrogen (secondary N) is 1. The number of hydrogen-bond acceptors (Lipinski definition) is 5. The SMILES string of the molecule is CS/C(=C\c1ccc(-c2ccc(C(=O)O)cc2C)o1)C(=O)NC=S. The lowest BCUT2D eigenvalue weighted by atomic mass is 10.0. The Labute approximate surface area is 148 Å². The van der Waals surface area contributed by atoms with Crippen molar-refractivity contribution in [2.75, 3.05) is 6.26 Å². The Morgan fingerprint density at radius 3 is 2.62 bits per heavy atom. The standard InChI is InChI=1S/C17H15NO4S2/c1-10-7-11(17(20)21)3-5-13(10)14-6-4-12(22-14)8-15(24-2)16(19)18-9-23/h3-9H,1-2H3,(H,20,21)(H,18,19,23)/b15-8-. The molecule has 0 fully saturated rings. The number of carbonyl (C=O) groups excluding carboxylic acids is 1. The Morgan fingerprint density at radius 2 is 2.04 bits per heavy atom. The van der Waals surface area contributed by atoms with Crippen LogP contribution in [0.5, 0.6) is 0 Å². The molecule has 0 aliphatic heterocycles. The van der Waals surface area contributed by atoms with Crippen LogP contribution in [-0.4, -0.2) is 28.7 Å². The number of hydrogen-bond donors (Lipinski definition) is 2. The van der Waals surface area contributed by atoms with E-state index in [2.05, 4.69) is 17.5 Å². The third-order valence-corrected chi connectivity index (χ3v) is 4.13. The monoisotopic (exact) mass is 361 g/mol. The van der Waals surface area contributed by atoms with E-state index in [1.54, 1.807) is 36.6 Å². The van der Waals surface area contributed by atoms with Gasteiger partial charge in [0.1, 0.15) is 11.5 Å². The Bertz CT molecular complexity index is 824. The maximum Gasteiger partial charge on any atom is 0.335 e. The van der Waals surface area contributed by atoms with Crippen molar-refractivity contribution in [2.24, 2.45) is 0 Å². The molecule has 0 radical (unpaired) electrons. The van der Waals surface area contributed by atoms with Gasteiger partial charge in [-0.05, 0) is 49.1 Å². The zero-order valence-electron chi connectivity index (χ0n) is 13.0. The molecule has 1 aromatic carbocycles. The number of aryl methyl sites for hydroxylation is 1. The molecule has 1 heterocycles. The molecular weight excluding hydrogens is 346 g/mol. The first-order valence-corrected chi connectivity index (χ1v) is 8.60. The molecule has 5 nitrogen and oxygen atoms in total. The number of carboxylic acid groups (broad SMARTS) is 1. The van der Waals surface area contributed by atoms with Gasteiger partial charge in [-0.2, -0.15) is 0 Å². The maximum atomic E-state index is 11.8. The van der Waals surface area contributed by atoms with Crippen molar-refractivity contribution in [3.63, 3.8) is 0 Å². The van der Waals surface area contributed by atoms with Gasteiger partial charge in [0.05, 0.1) is 16.0 Å². The molecule has 0 saturated heterocycles. The predicted molar refractivity (Wildman–Crippen MR) is 99.1 cm³/mol. The van der Waals surface area contributed by atoms with E-state index in [9.17, 15) is 9.59 Å². The highest BCUT2D eigenvalue weighted by Crippen LogP contribution is 2.28. The summed E-state index contributed by atoms with van der Waals surface area (Å²) in [6.07, 6.45) is 3.41. The van der Waals surface area contributed by atoms with E-state index in [0.29, 0.717) is 16.4 Å². The third kappa shape index (κ3) is 4.12. The van der Waals surface area contributed by atoms with Gasteiger partial charge < -0.3 is 14.8 Å². The highest BCUT2D eigenvalue weighted by molar-refractivity contribution is 8.03. The Kier molecular flexibility index (Phi) is 5.94. The average molecular weight is 361 g/mol. The molecular formula is C17H15NO4S2. The molecule has 0 atom stereocenters. The Hall–Kier alpha value is -2.38. The zero-order valence-corrected chi connectivity index (χ0v) is 14.7. The number of amides is 1. The fourth-order valence-corrected chi connectivity index (χ4v) is 2.70. The van der Waals surface area contributed by atoms with Gasteiger partial charge in [-0.15, -0.1) is 11.8 Å². The van der Waals surface area contributed by atoms with E-state index < -0.39 is 5.97 Å². The number of thioether (sulfide) groups is 1. The molecule has 7 heteroatoms. The number of thiocarbonyl (C=S) groups is 1. The van der Waals surface area contributed by atoms with Crippen LogP contribution in [0, 0.1) is 6.92 Å². The minimum absolute atomic E-state index is 0.226. The van der Waals surface area contributed by atoms with Crippen LogP contribution >= 0.6 is 24.0 Å². The molecule has 0 saturated carbocycles. The minimum Gasteiger partial charge on any atom is -0.478 e. The molecule has 2 aromatic rings. The van der Waals surface area contributed by atoms with Gasteiger partial charge in [-0.3, -0.25) is 4.79 Å². The molecule has 1 aromatic heterocycles. The maximum absolute atomic E-state index is 11.8. The molecule has 0 bridgehead atoms. The van der Waals surface area contributed by atoms with Crippen molar-refractivity contribution < 1.29 is 19.1 Å². The van der Waals surface area contributed by atoms with Crippen molar-refractivity contribution in [2.45, 2.75) is 6.92 Å². The number of rotatable bonds is 6. The third-order valence-electron chi connectivity index (χ3n) is 3.27. The molecule has 2 rings (SSSR count). The normalized spacial score (nSPS) is 11.2. The van der Waals surface area contributed by atoms with Gasteiger partial charge in [0.2, 0.25) is 0 Å². The second-order valence-electron chi connectivity index (χ2n) is 4.84. The molecule has 124 valence electrons. The van der Waals surface area contributed by atoms with E-state index in [1.165, 1.54) is 17.8 Å². The van der Waals surface area contributed by atoms with Gasteiger partial charge in [0.25, 0.3) is 5.91 Å². The van der Waals surface area contributed by atoms with Crippen LogP contribution in [0.4, 0.5) is 0 Å². The first-order valence-electron chi connectivity index (χ1n) is 6.90. The highest BCUT2D eigenvalue weighted by atomic mass is 32.2. The van der Waals surface area contributed by atoms with Crippen molar-refractivity contribution >= 4 is 47.4 Å². The first kappa shape index (κ1) is 18.0. The molecule has 0 aliphatic carbocycles. The summed E-state index contributed by atoms with van der Waals surface area (Å²) in [5.74, 6) is -0.138. The van der Waals surface area contributed by atoms with Crippen molar-refractivity contribution in [1.82, 2.24) is 5.32 Å². The molecule has 0 spiro atoms. The van der Waals surface area contributed by atoms with Crippen LogP contribution in [0.25, 0.3) is 17.4 Å². The lowest BCUT2D eigenvalue weighted by Gasteiger charge is -2.04. The van der Waals surface area contributed by atoms with Gasteiger partial charge in [-0.1, -0.05) is 18.3 Å². The summed E-state index contributed by atoms with van der Waals surface area (Å²) in [5.41, 5.74) is 2.98. The first-order chi connectivity index (χ1) is 11.5. The number of furan rings is 1. The smallest absolute Gasteiger partial charge is 0.335 e. The van der Waals surface area contributed by atoms with E-state index >= 15 is 0 Å². The lowest BCUT2D eigenvalue weighted by molar-refractivity contribution is -0.115. The van der Waals surface area contributed by atoms with Gasteiger partial charge in [0.15, 0.2) is 0 Å². The predicted octanol–water partition coefficient (Wildman–Crippen LogP) is 3.73. The number of carboxylic acids is 1. The summed E-state index contributed by atoms with van der Waals surface area (Å²) >= 11 is 5.90. The minimum atomic E-state index is -0.970. The van der Waals surface area contributed by atoms with Crippen LogP contribution in [0.3, 0.4) is 0 Å². The summed E-state index contributed by atoms with van der Waals surface area (Å²) < 4.78 is 5.76. The number of carbonyl (C=O) groups is 2. The largest absolute Gasteiger partial charge is 0.478 e. The van der Waals surface area contributed by atoms with Gasteiger partial charge in [-0.25, -0.2) is 4.79 Å². The quantitative estimate of drug-likeness (QED) is 0.603. The molecule has 24 heavy (non-hydrogen) atoms. The van der Waals surface area contributed by atoms with Crippen molar-refractivity contribution in [3.8, 4) is 11.3 Å². The number of benzene rings is 1. The highest BCUT2D eigenvalue weighted by Gasteiger charge is 2.12. The molecule has 0 aliphatic rings. The van der Waals surface area contributed by atoms with E-state index in [-0.39, 0.29) is 11.5 Å². The molecule has 0 unspecified atom stereocenters. The fourth-order valence-electron chi connectivity index (χ4n) is 2.12. The lowest BCUT2D eigenvalue weighted by Crippen LogP contribution is -2.20. The summed E-state index contributed by atoms with van der Waals surface area (Å²) in [7, 11) is 0. The van der Waals surface area contributed by atoms with E-state index in [1.807, 2.05) is 6.92 Å². The van der Waals surface area contributed by atoms with Crippen LogP contribution in [0.15, 0.2) is 39.7 Å². The summed E-state index contributed by atoms with van der Waals surface area (Å²) in [6, 6.07) is 8.36. The van der Waals surface area contributed by atoms with Crippen LogP contribution in [-0.2, 0) is 4.79 Å². The topological polar surface area (TPSA) is 79.5 Å². The number of aromatic carboxylic acids is 1. The van der Waals surface area contributed by atoms with Crippen molar-refractivity contribution in [1.29, 1.82) is 0 Å². The Balaban J connectivity index is 2.32. The Morgan fingerprint density at radius 1 is 1.29 bits per heavy atom. The van der Waals surface area contributed by atoms with Crippen LogP contribution in [0.2, 0.25) is 0 Å². The summed E-state index contributed by atoms with van der Waals surface area (Å²) in [4.78, 5) is 23.3. The van der Waals surface area contributed by atoms with Crippen LogP contribution < -0.4 is 5.32 Å². The summed E-state index contributed by atoms with van der Waals surface area (Å²) in [5, 5.41) is 11.5. The second-order valence-corrected chi connectivity index (χ2v) is 5.92. The van der Waals surface area contributed by atoms with Gasteiger partial charge >= 0.3 is 5.97 Å². The fraction of sp³-hybridized carbons (Fsp3) is 0.118. The summed E-state index contributed by atoms with van der Waals surface area (Å²) in [6.45, 7) is 1.82. The van der Waals surface area contributed by atoms with Crippen LogP contribution in [0.1, 0.15) is 21.7 Å². The van der Waals surface area contributed by atoms with E-state index in [4.69, 9.17) is 9.52 Å². The second kappa shape index (κ2) is 7.94. The molecule has 2 N–H and O–H groups in total. The van der Waals surface area contributed by atoms with Crippen molar-refractivity contribution in [3.05, 3.63) is 52.1 Å². The van der Waals surface area contributed by atoms with E-state index in [0.717, 1.165) is 16.6 Å². The molecule has 1 amide bonds. The average Bonchev–Trinajstić information content (AvgIpc) is 3.00.